The van der Waals surface area contributed by atoms with Crippen LogP contribution >= 0.6 is 0 Å². The Kier molecular flexibility index (Phi) is 4.64. The van der Waals surface area contributed by atoms with Crippen LogP contribution in [0.1, 0.15) is 60.9 Å². The zero-order chi connectivity index (χ0) is 16.3. The Morgan fingerprint density at radius 2 is 2.09 bits per heavy atom. The Hall–Kier alpha value is -2.17. The second-order valence-corrected chi connectivity index (χ2v) is 6.72. The van der Waals surface area contributed by atoms with Gasteiger partial charge in [-0.1, -0.05) is 26.8 Å². The highest BCUT2D eigenvalue weighted by Gasteiger charge is 2.25. The van der Waals surface area contributed by atoms with E-state index in [2.05, 4.69) is 36.1 Å². The maximum atomic E-state index is 12.5. The van der Waals surface area contributed by atoms with Crippen LogP contribution in [0.4, 0.5) is 0 Å². The molecule has 2 aromatic heterocycles. The molecule has 22 heavy (non-hydrogen) atoms. The minimum Gasteiger partial charge on any atom is -0.436 e. The van der Waals surface area contributed by atoms with Crippen LogP contribution in [-0.2, 0) is 0 Å². The van der Waals surface area contributed by atoms with Gasteiger partial charge in [-0.2, -0.15) is 0 Å². The van der Waals surface area contributed by atoms with E-state index in [1.165, 1.54) is 0 Å². The number of hydrogen-bond donors (Lipinski definition) is 1. The number of oxazole rings is 1. The van der Waals surface area contributed by atoms with Crippen LogP contribution in [0.15, 0.2) is 28.9 Å². The van der Waals surface area contributed by atoms with Crippen molar-refractivity contribution >= 4 is 5.91 Å². The molecule has 0 fully saturated rings. The van der Waals surface area contributed by atoms with Gasteiger partial charge in [0.2, 0.25) is 5.76 Å². The molecule has 1 amide bonds. The third-order valence-corrected chi connectivity index (χ3v) is 3.32. The summed E-state index contributed by atoms with van der Waals surface area (Å²) in [6.45, 7) is 9.94. The smallest absolute Gasteiger partial charge is 0.289 e. The Balaban J connectivity index is 2.23. The van der Waals surface area contributed by atoms with Gasteiger partial charge < -0.3 is 9.73 Å². The van der Waals surface area contributed by atoms with Crippen molar-refractivity contribution in [2.45, 2.75) is 47.1 Å². The monoisotopic (exact) mass is 301 g/mol. The average Bonchev–Trinajstić information content (AvgIpc) is 2.76. The molecule has 1 N–H and O–H groups in total. The first-order chi connectivity index (χ1) is 10.3. The van der Waals surface area contributed by atoms with Gasteiger partial charge >= 0.3 is 0 Å². The van der Waals surface area contributed by atoms with Crippen molar-refractivity contribution in [1.29, 1.82) is 0 Å². The SMILES string of the molecule is Cc1nc(C)c(C(=O)NC(CC(C)(C)C)c2cccnc2)o1. The van der Waals surface area contributed by atoms with Gasteiger partial charge in [0.15, 0.2) is 5.89 Å². The van der Waals surface area contributed by atoms with Crippen molar-refractivity contribution in [3.05, 3.63) is 47.4 Å². The third kappa shape index (κ3) is 4.16. The lowest BCUT2D eigenvalue weighted by atomic mass is 9.86. The predicted molar refractivity (Wildman–Crippen MR) is 84.5 cm³/mol. The highest BCUT2D eigenvalue weighted by molar-refractivity contribution is 5.92. The molecule has 0 aliphatic rings. The number of rotatable bonds is 4. The molecular formula is C17H23N3O2. The van der Waals surface area contributed by atoms with E-state index in [4.69, 9.17) is 4.42 Å². The maximum Gasteiger partial charge on any atom is 0.289 e. The minimum atomic E-state index is -0.240. The van der Waals surface area contributed by atoms with Gasteiger partial charge in [0, 0.05) is 19.3 Å². The van der Waals surface area contributed by atoms with Gasteiger partial charge in [0.1, 0.15) is 0 Å². The van der Waals surface area contributed by atoms with Crippen LogP contribution in [0.5, 0.6) is 0 Å². The molecule has 1 atom stereocenters. The number of hydrogen-bond acceptors (Lipinski definition) is 4. The number of aryl methyl sites for hydroxylation is 2. The normalized spacial score (nSPS) is 13.0. The van der Waals surface area contributed by atoms with Crippen molar-refractivity contribution in [2.24, 2.45) is 5.41 Å². The van der Waals surface area contributed by atoms with Crippen molar-refractivity contribution in [2.75, 3.05) is 0 Å². The molecule has 0 radical (unpaired) electrons. The van der Waals surface area contributed by atoms with Gasteiger partial charge in [-0.25, -0.2) is 4.98 Å². The van der Waals surface area contributed by atoms with Crippen LogP contribution in [-0.4, -0.2) is 15.9 Å². The Bertz CT molecular complexity index is 642. The fourth-order valence-corrected chi connectivity index (χ4v) is 2.41. The van der Waals surface area contributed by atoms with Crippen LogP contribution in [0.3, 0.4) is 0 Å². The van der Waals surface area contributed by atoms with Gasteiger partial charge in [-0.3, -0.25) is 9.78 Å². The fourth-order valence-electron chi connectivity index (χ4n) is 2.41. The summed E-state index contributed by atoms with van der Waals surface area (Å²) in [5.41, 5.74) is 1.66. The summed E-state index contributed by atoms with van der Waals surface area (Å²) in [5.74, 6) is 0.535. The first-order valence-electron chi connectivity index (χ1n) is 7.41. The number of nitrogens with one attached hydrogen (secondary N) is 1. The van der Waals surface area contributed by atoms with E-state index in [0.717, 1.165) is 12.0 Å². The number of amides is 1. The van der Waals surface area contributed by atoms with Gasteiger partial charge in [0.25, 0.3) is 5.91 Å². The highest BCUT2D eigenvalue weighted by Crippen LogP contribution is 2.29. The van der Waals surface area contributed by atoms with Crippen LogP contribution in [0.25, 0.3) is 0 Å². The molecule has 0 spiro atoms. The molecule has 5 nitrogen and oxygen atoms in total. The maximum absolute atomic E-state index is 12.5. The van der Waals surface area contributed by atoms with E-state index in [9.17, 15) is 4.79 Å². The Morgan fingerprint density at radius 3 is 2.59 bits per heavy atom. The first kappa shape index (κ1) is 16.2. The summed E-state index contributed by atoms with van der Waals surface area (Å²) in [6, 6.07) is 3.73. The lowest BCUT2D eigenvalue weighted by Gasteiger charge is -2.26. The minimum absolute atomic E-state index is 0.0696. The first-order valence-corrected chi connectivity index (χ1v) is 7.41. The predicted octanol–water partition coefficient (Wildman–Crippen LogP) is 3.59. The van der Waals surface area contributed by atoms with Gasteiger partial charge in [-0.05, 0) is 30.4 Å². The van der Waals surface area contributed by atoms with E-state index < -0.39 is 0 Å². The molecule has 5 heteroatoms. The summed E-state index contributed by atoms with van der Waals surface area (Å²) >= 11 is 0. The summed E-state index contributed by atoms with van der Waals surface area (Å²) in [5, 5.41) is 3.05. The highest BCUT2D eigenvalue weighted by atomic mass is 16.4. The second-order valence-electron chi connectivity index (χ2n) is 6.72. The Labute approximate surface area is 131 Å². The molecule has 0 saturated heterocycles. The zero-order valence-electron chi connectivity index (χ0n) is 13.8. The van der Waals surface area contributed by atoms with Crippen molar-refractivity contribution in [1.82, 2.24) is 15.3 Å². The topological polar surface area (TPSA) is 68.0 Å². The van der Waals surface area contributed by atoms with Crippen molar-refractivity contribution in [3.63, 3.8) is 0 Å². The van der Waals surface area contributed by atoms with E-state index in [0.29, 0.717) is 11.6 Å². The van der Waals surface area contributed by atoms with Crippen LogP contribution in [0, 0.1) is 19.3 Å². The van der Waals surface area contributed by atoms with Crippen molar-refractivity contribution < 1.29 is 9.21 Å². The molecule has 2 rings (SSSR count). The van der Waals surface area contributed by atoms with E-state index >= 15 is 0 Å². The fraction of sp³-hybridized carbons (Fsp3) is 0.471. The molecule has 2 aromatic rings. The molecule has 0 aliphatic heterocycles. The summed E-state index contributed by atoms with van der Waals surface area (Å²) in [6.07, 6.45) is 4.31. The van der Waals surface area contributed by atoms with Gasteiger partial charge in [-0.15, -0.1) is 0 Å². The standard InChI is InChI=1S/C17H23N3O2/c1-11-15(22-12(2)19-11)16(21)20-14(9-17(3,4)5)13-7-6-8-18-10-13/h6-8,10,14H,9H2,1-5H3,(H,20,21). The van der Waals surface area contributed by atoms with E-state index in [1.807, 2.05) is 12.1 Å². The lowest BCUT2D eigenvalue weighted by Crippen LogP contribution is -2.31. The second kappa shape index (κ2) is 6.30. The molecule has 0 aliphatic carbocycles. The quantitative estimate of drug-likeness (QED) is 0.937. The van der Waals surface area contributed by atoms with E-state index in [1.54, 1.807) is 26.2 Å². The number of pyridine rings is 1. The molecular weight excluding hydrogens is 278 g/mol. The number of nitrogens with zero attached hydrogens (tertiary/aromatic N) is 2. The largest absolute Gasteiger partial charge is 0.436 e. The lowest BCUT2D eigenvalue weighted by molar-refractivity contribution is 0.0896. The number of carbonyl (C=O) groups excluding carboxylic acids is 1. The third-order valence-electron chi connectivity index (χ3n) is 3.32. The number of aromatic nitrogens is 2. The number of carbonyl (C=O) groups is 1. The van der Waals surface area contributed by atoms with Crippen LogP contribution < -0.4 is 5.32 Å². The Morgan fingerprint density at radius 1 is 1.36 bits per heavy atom. The molecule has 0 saturated carbocycles. The van der Waals surface area contributed by atoms with Crippen molar-refractivity contribution in [3.8, 4) is 0 Å². The molecule has 118 valence electrons. The van der Waals surface area contributed by atoms with Gasteiger partial charge in [0.05, 0.1) is 11.7 Å². The summed E-state index contributed by atoms with van der Waals surface area (Å²) in [7, 11) is 0. The zero-order valence-corrected chi connectivity index (χ0v) is 13.8. The summed E-state index contributed by atoms with van der Waals surface area (Å²) < 4.78 is 5.40. The van der Waals surface area contributed by atoms with Crippen LogP contribution in [0.2, 0.25) is 0 Å². The molecule has 1 unspecified atom stereocenters. The summed E-state index contributed by atoms with van der Waals surface area (Å²) in [4.78, 5) is 20.8. The molecule has 2 heterocycles. The average molecular weight is 301 g/mol. The molecule has 0 aromatic carbocycles. The van der Waals surface area contributed by atoms with E-state index in [-0.39, 0.29) is 23.1 Å². The molecule has 0 bridgehead atoms.